The van der Waals surface area contributed by atoms with Crippen LogP contribution >= 0.6 is 68.9 Å². The van der Waals surface area contributed by atoms with E-state index >= 15 is 0 Å². The molecule has 0 saturated carbocycles. The molecular formula is C36H26N2O8S6. The number of cyclic esters (lactones) is 4. The highest BCUT2D eigenvalue weighted by Gasteiger charge is 2.20. The molecule has 12 bridgehead atoms. The fraction of sp³-hybridized carbons (Fsp3) is 0.167. The second-order valence-corrected chi connectivity index (χ2v) is 16.8. The van der Waals surface area contributed by atoms with Gasteiger partial charge in [0.2, 0.25) is 0 Å². The van der Waals surface area contributed by atoms with Gasteiger partial charge in [-0.3, -0.25) is 0 Å². The van der Waals surface area contributed by atoms with E-state index in [4.69, 9.17) is 28.9 Å². The molecule has 0 atom stereocenters. The average Bonchev–Trinajstić information content (AvgIpc) is 4.00. The molecule has 0 saturated heterocycles. The number of pyridine rings is 2. The Bertz CT molecular complexity index is 1990. The summed E-state index contributed by atoms with van der Waals surface area (Å²) in [6, 6.07) is 21.7. The number of hydrogen-bond donors (Lipinski definition) is 0. The van der Waals surface area contributed by atoms with Crippen LogP contribution in [0.5, 0.6) is 0 Å². The average molecular weight is 807 g/mol. The second-order valence-electron chi connectivity index (χ2n) is 10.8. The van der Waals surface area contributed by atoms with Gasteiger partial charge in [0, 0.05) is 9.79 Å². The van der Waals surface area contributed by atoms with Crippen molar-refractivity contribution < 1.29 is 38.1 Å². The number of aromatic nitrogens is 2. The Morgan fingerprint density at radius 2 is 0.654 bits per heavy atom. The van der Waals surface area contributed by atoms with E-state index in [-0.39, 0.29) is 26.4 Å². The number of esters is 4. The lowest BCUT2D eigenvalue weighted by atomic mass is 10.2. The molecule has 7 heterocycles. The molecule has 0 spiro atoms. The summed E-state index contributed by atoms with van der Waals surface area (Å²) in [4.78, 5) is 67.6. The third-order valence-corrected chi connectivity index (χ3v) is 13.2. The highest BCUT2D eigenvalue weighted by atomic mass is 32.2. The van der Waals surface area contributed by atoms with E-state index in [2.05, 4.69) is 0 Å². The molecule has 1 aliphatic heterocycles. The molecule has 0 unspecified atom stereocenters. The van der Waals surface area contributed by atoms with Crippen LogP contribution in [0, 0.1) is 0 Å². The van der Waals surface area contributed by atoms with E-state index in [0.717, 1.165) is 29.3 Å². The molecule has 6 aromatic heterocycles. The molecule has 52 heavy (non-hydrogen) atoms. The molecule has 0 N–H and O–H groups in total. The number of nitrogens with zero attached hydrogens (tertiary/aromatic N) is 2. The largest absolute Gasteiger partial charge is 0.458 e. The van der Waals surface area contributed by atoms with Gasteiger partial charge < -0.3 is 18.9 Å². The van der Waals surface area contributed by atoms with Gasteiger partial charge in [0.25, 0.3) is 0 Å². The zero-order chi connectivity index (χ0) is 36.2. The van der Waals surface area contributed by atoms with E-state index in [1.165, 1.54) is 45.3 Å². The Morgan fingerprint density at radius 3 is 0.885 bits per heavy atom. The van der Waals surface area contributed by atoms with Gasteiger partial charge in [-0.2, -0.15) is 0 Å². The van der Waals surface area contributed by atoms with E-state index < -0.39 is 23.9 Å². The number of rotatable bonds is 2. The first-order chi connectivity index (χ1) is 25.3. The van der Waals surface area contributed by atoms with Gasteiger partial charge in [-0.15, -0.1) is 68.9 Å². The lowest BCUT2D eigenvalue weighted by Gasteiger charge is -2.07. The molecule has 0 aliphatic carbocycles. The van der Waals surface area contributed by atoms with Crippen molar-refractivity contribution >= 4 is 92.7 Å². The van der Waals surface area contributed by atoms with Crippen molar-refractivity contribution in [3.8, 4) is 42.3 Å². The van der Waals surface area contributed by atoms with E-state index in [0.29, 0.717) is 42.3 Å². The fourth-order valence-electron chi connectivity index (χ4n) is 4.91. The smallest absolute Gasteiger partial charge is 0.348 e. The summed E-state index contributed by atoms with van der Waals surface area (Å²) in [6.07, 6.45) is 3.91. The molecule has 16 heteroatoms. The first-order valence-corrected chi connectivity index (χ1v) is 21.2. The van der Waals surface area contributed by atoms with E-state index in [9.17, 15) is 19.2 Å². The number of fused-ring (bicyclic) bond motifs is 16. The van der Waals surface area contributed by atoms with Gasteiger partial charge in [-0.1, -0.05) is 0 Å². The summed E-state index contributed by atoms with van der Waals surface area (Å²) in [5, 5.41) is 0. The molecule has 0 aromatic carbocycles. The molecule has 10 nitrogen and oxygen atoms in total. The lowest BCUT2D eigenvalue weighted by molar-refractivity contribution is 0.0271. The van der Waals surface area contributed by atoms with Crippen LogP contribution in [0.25, 0.3) is 42.3 Å². The summed E-state index contributed by atoms with van der Waals surface area (Å²) < 4.78 is 21.7. The number of carbonyl (C=O) groups excluding carboxylic acids is 4. The molecule has 0 fully saturated rings. The third kappa shape index (κ3) is 8.17. The van der Waals surface area contributed by atoms with Crippen molar-refractivity contribution in [2.24, 2.45) is 0 Å². The minimum absolute atomic E-state index is 0.111. The summed E-state index contributed by atoms with van der Waals surface area (Å²) in [6.45, 7) is -0.442. The first kappa shape index (κ1) is 36.1. The predicted octanol–water partition coefficient (Wildman–Crippen LogP) is 9.18. The number of thiophene rings is 4. The Labute approximate surface area is 322 Å². The minimum atomic E-state index is -0.531. The van der Waals surface area contributed by atoms with Crippen molar-refractivity contribution in [1.82, 2.24) is 9.97 Å². The molecule has 7 rings (SSSR count). The molecular weight excluding hydrogens is 781 g/mol. The van der Waals surface area contributed by atoms with Gasteiger partial charge in [0.05, 0.1) is 42.3 Å². The van der Waals surface area contributed by atoms with Crippen molar-refractivity contribution in [2.45, 2.75) is 9.79 Å². The van der Waals surface area contributed by atoms with Gasteiger partial charge >= 0.3 is 23.9 Å². The second kappa shape index (κ2) is 16.1. The zero-order valence-electron chi connectivity index (χ0n) is 27.4. The predicted molar refractivity (Wildman–Crippen MR) is 206 cm³/mol. The van der Waals surface area contributed by atoms with Gasteiger partial charge in [0.1, 0.15) is 45.9 Å². The topological polar surface area (TPSA) is 131 Å². The van der Waals surface area contributed by atoms with E-state index in [1.807, 2.05) is 36.8 Å². The monoisotopic (exact) mass is 806 g/mol. The maximum Gasteiger partial charge on any atom is 0.348 e. The maximum absolute atomic E-state index is 12.9. The normalized spacial score (nSPS) is 14.2. The van der Waals surface area contributed by atoms with E-state index in [1.54, 1.807) is 72.1 Å². The molecule has 264 valence electrons. The van der Waals surface area contributed by atoms with Crippen LogP contribution in [0.4, 0.5) is 0 Å². The minimum Gasteiger partial charge on any atom is -0.458 e. The van der Waals surface area contributed by atoms with Crippen LogP contribution in [-0.4, -0.2) is 72.8 Å². The standard InChI is InChI=1S/C36H26N2O8S6/c1-47-19-15-21-25-3-7-29(49-25)33(39)43-11-13-45-35(41)31-9-5-27(51-31)23-17-20(48-2)18-24(38-23)28-6-10-32(52-28)36(42)46-14-12-44-34(40)30-8-4-26(50-30)22(16-19)37-21/h3-10,15-18H,11-14H2,1-2H3. The van der Waals surface area contributed by atoms with Crippen molar-refractivity contribution in [2.75, 3.05) is 38.9 Å². The van der Waals surface area contributed by atoms with Crippen LogP contribution in [0.3, 0.4) is 0 Å². The van der Waals surface area contributed by atoms with Gasteiger partial charge in [-0.25, -0.2) is 29.1 Å². The van der Waals surface area contributed by atoms with Crippen LogP contribution in [0.15, 0.2) is 82.6 Å². The number of hydrogen-bond acceptors (Lipinski definition) is 16. The summed E-state index contributed by atoms with van der Waals surface area (Å²) in [7, 11) is 0. The number of carbonyl (C=O) groups is 4. The molecule has 1 aliphatic rings. The summed E-state index contributed by atoms with van der Waals surface area (Å²) >= 11 is 8.06. The first-order valence-electron chi connectivity index (χ1n) is 15.5. The highest BCUT2D eigenvalue weighted by molar-refractivity contribution is 7.98. The lowest BCUT2D eigenvalue weighted by Crippen LogP contribution is -2.13. The Morgan fingerprint density at radius 1 is 0.423 bits per heavy atom. The fourth-order valence-corrected chi connectivity index (χ4v) is 9.27. The SMILES string of the molecule is CSc1cc2nc(c1)-c1ccc(s1)C(=O)OCCOC(=O)c1ccc(s1)-c1cc(SC)cc(n1)-c1ccc(s1)C(=O)OCCOC(=O)c1ccc-2s1. The number of ether oxygens (including phenoxy) is 4. The molecule has 0 amide bonds. The quantitative estimate of drug-likeness (QED) is 0.0939. The van der Waals surface area contributed by atoms with Crippen LogP contribution < -0.4 is 0 Å². The maximum atomic E-state index is 12.9. The Kier molecular flexibility index (Phi) is 11.2. The summed E-state index contributed by atoms with van der Waals surface area (Å²) in [5.74, 6) is -2.13. The van der Waals surface area contributed by atoms with Gasteiger partial charge in [-0.05, 0) is 85.3 Å². The Hall–Kier alpha value is -4.32. The molecule has 6 aromatic rings. The Balaban J connectivity index is 1.15. The zero-order valence-corrected chi connectivity index (χ0v) is 32.3. The molecule has 0 radical (unpaired) electrons. The number of thioether (sulfide) groups is 2. The van der Waals surface area contributed by atoms with Crippen molar-refractivity contribution in [3.63, 3.8) is 0 Å². The van der Waals surface area contributed by atoms with Crippen LogP contribution in [-0.2, 0) is 18.9 Å². The van der Waals surface area contributed by atoms with Crippen LogP contribution in [0.2, 0.25) is 0 Å². The van der Waals surface area contributed by atoms with Gasteiger partial charge in [0.15, 0.2) is 0 Å². The van der Waals surface area contributed by atoms with Crippen molar-refractivity contribution in [1.29, 1.82) is 0 Å². The van der Waals surface area contributed by atoms with Crippen molar-refractivity contribution in [3.05, 3.63) is 92.3 Å². The third-order valence-electron chi connectivity index (χ3n) is 7.41. The highest BCUT2D eigenvalue weighted by Crippen LogP contribution is 2.37. The summed E-state index contributed by atoms with van der Waals surface area (Å²) in [5.41, 5.74) is 2.66. The van der Waals surface area contributed by atoms with Crippen LogP contribution in [0.1, 0.15) is 38.7 Å².